The van der Waals surface area contributed by atoms with Crippen LogP contribution in [-0.4, -0.2) is 38.6 Å². The van der Waals surface area contributed by atoms with E-state index in [2.05, 4.69) is 10.1 Å². The fourth-order valence-electron chi connectivity index (χ4n) is 2.51. The smallest absolute Gasteiger partial charge is 0.387 e. The molecule has 0 saturated heterocycles. The van der Waals surface area contributed by atoms with Gasteiger partial charge < -0.3 is 19.5 Å². The van der Waals surface area contributed by atoms with Crippen LogP contribution in [0.15, 0.2) is 24.3 Å². The molecule has 0 radical (unpaired) electrons. The summed E-state index contributed by atoms with van der Waals surface area (Å²) in [6.45, 7) is 0.513. The van der Waals surface area contributed by atoms with Gasteiger partial charge in [0.2, 0.25) is 0 Å². The van der Waals surface area contributed by atoms with Crippen molar-refractivity contribution in [1.82, 2.24) is 5.32 Å². The van der Waals surface area contributed by atoms with Crippen molar-refractivity contribution in [2.75, 3.05) is 13.7 Å². The van der Waals surface area contributed by atoms with E-state index in [1.807, 2.05) is 6.92 Å². The maximum Gasteiger partial charge on any atom is 0.387 e. The summed E-state index contributed by atoms with van der Waals surface area (Å²) in [6.07, 6.45) is 1.13. The standard InChI is InChI=1S/C15H21F2NO3/c1-3-20-13-8-12(14(13)19-2)18-9-10-4-6-11(7-5-10)21-15(16)17/h4-7,12-15,18H,3,8-9H2,1-2H3. The van der Waals surface area contributed by atoms with Gasteiger partial charge in [-0.15, -0.1) is 0 Å². The van der Waals surface area contributed by atoms with Gasteiger partial charge in [-0.2, -0.15) is 8.78 Å². The molecule has 3 unspecified atom stereocenters. The Morgan fingerprint density at radius 2 is 2.00 bits per heavy atom. The summed E-state index contributed by atoms with van der Waals surface area (Å²) in [5.41, 5.74) is 1.01. The van der Waals surface area contributed by atoms with Gasteiger partial charge in [-0.05, 0) is 31.0 Å². The highest BCUT2D eigenvalue weighted by Gasteiger charge is 2.41. The number of hydrogen-bond acceptors (Lipinski definition) is 4. The van der Waals surface area contributed by atoms with Gasteiger partial charge in [0.25, 0.3) is 0 Å². The van der Waals surface area contributed by atoms with Gasteiger partial charge in [0, 0.05) is 26.3 Å². The van der Waals surface area contributed by atoms with Gasteiger partial charge >= 0.3 is 6.61 Å². The first-order valence-corrected chi connectivity index (χ1v) is 7.05. The number of hydrogen-bond donors (Lipinski definition) is 1. The predicted molar refractivity (Wildman–Crippen MR) is 74.5 cm³/mol. The molecule has 1 saturated carbocycles. The zero-order valence-corrected chi connectivity index (χ0v) is 12.2. The van der Waals surface area contributed by atoms with Crippen molar-refractivity contribution >= 4 is 0 Å². The maximum atomic E-state index is 12.0. The van der Waals surface area contributed by atoms with Gasteiger partial charge in [-0.25, -0.2) is 0 Å². The molecule has 1 fully saturated rings. The van der Waals surface area contributed by atoms with Crippen LogP contribution in [0.5, 0.6) is 5.75 Å². The lowest BCUT2D eigenvalue weighted by Gasteiger charge is -2.43. The van der Waals surface area contributed by atoms with Crippen molar-refractivity contribution in [1.29, 1.82) is 0 Å². The SMILES string of the molecule is CCOC1CC(NCc2ccc(OC(F)F)cc2)C1OC. The maximum absolute atomic E-state index is 12.0. The van der Waals surface area contributed by atoms with Gasteiger partial charge in [0.15, 0.2) is 0 Å². The molecule has 0 aliphatic heterocycles. The molecular formula is C15H21F2NO3. The largest absolute Gasteiger partial charge is 0.435 e. The van der Waals surface area contributed by atoms with E-state index in [4.69, 9.17) is 9.47 Å². The Bertz CT molecular complexity index is 427. The molecule has 118 valence electrons. The summed E-state index contributed by atoms with van der Waals surface area (Å²) < 4.78 is 39.4. The third-order valence-corrected chi connectivity index (χ3v) is 3.62. The van der Waals surface area contributed by atoms with E-state index >= 15 is 0 Å². The first-order chi connectivity index (χ1) is 10.1. The van der Waals surface area contributed by atoms with Crippen LogP contribution in [0.2, 0.25) is 0 Å². The van der Waals surface area contributed by atoms with E-state index in [0.717, 1.165) is 12.0 Å². The summed E-state index contributed by atoms with van der Waals surface area (Å²) in [6, 6.07) is 6.88. The van der Waals surface area contributed by atoms with Crippen LogP contribution in [0.25, 0.3) is 0 Å². The topological polar surface area (TPSA) is 39.7 Å². The molecule has 1 aromatic rings. The Morgan fingerprint density at radius 1 is 1.29 bits per heavy atom. The Morgan fingerprint density at radius 3 is 2.57 bits per heavy atom. The Balaban J connectivity index is 1.78. The van der Waals surface area contributed by atoms with Gasteiger partial charge in [-0.1, -0.05) is 12.1 Å². The van der Waals surface area contributed by atoms with Crippen molar-refractivity contribution in [3.63, 3.8) is 0 Å². The van der Waals surface area contributed by atoms with Crippen LogP contribution in [0.3, 0.4) is 0 Å². The third kappa shape index (κ3) is 4.36. The highest BCUT2D eigenvalue weighted by atomic mass is 19.3. The van der Waals surface area contributed by atoms with E-state index in [0.29, 0.717) is 13.2 Å². The van der Waals surface area contributed by atoms with Crippen LogP contribution in [0.4, 0.5) is 8.78 Å². The molecule has 1 aromatic carbocycles. The van der Waals surface area contributed by atoms with Crippen LogP contribution >= 0.6 is 0 Å². The lowest BCUT2D eigenvalue weighted by Crippen LogP contribution is -2.59. The predicted octanol–water partition coefficient (Wildman–Crippen LogP) is 2.57. The van der Waals surface area contributed by atoms with Gasteiger partial charge in [-0.3, -0.25) is 0 Å². The first-order valence-electron chi connectivity index (χ1n) is 7.05. The fourth-order valence-corrected chi connectivity index (χ4v) is 2.51. The van der Waals surface area contributed by atoms with E-state index < -0.39 is 6.61 Å². The summed E-state index contributed by atoms with van der Waals surface area (Å²) in [4.78, 5) is 0. The fraction of sp³-hybridized carbons (Fsp3) is 0.600. The summed E-state index contributed by atoms with van der Waals surface area (Å²) in [7, 11) is 1.68. The number of nitrogens with one attached hydrogen (secondary N) is 1. The van der Waals surface area contributed by atoms with Crippen LogP contribution in [-0.2, 0) is 16.0 Å². The molecule has 6 heteroatoms. The van der Waals surface area contributed by atoms with Crippen LogP contribution in [0.1, 0.15) is 18.9 Å². The lowest BCUT2D eigenvalue weighted by molar-refractivity contribution is -0.131. The van der Waals surface area contributed by atoms with E-state index in [9.17, 15) is 8.78 Å². The van der Waals surface area contributed by atoms with E-state index in [-0.39, 0.29) is 24.0 Å². The number of methoxy groups -OCH3 is 1. The second-order valence-electron chi connectivity index (χ2n) is 4.94. The Kier molecular flexibility index (Phi) is 5.90. The average molecular weight is 301 g/mol. The summed E-state index contributed by atoms with van der Waals surface area (Å²) in [5.74, 6) is 0.170. The average Bonchev–Trinajstić information content (AvgIpc) is 2.43. The Labute approximate surface area is 123 Å². The zero-order valence-electron chi connectivity index (χ0n) is 12.2. The number of halogens is 2. The molecule has 0 aromatic heterocycles. The molecule has 0 spiro atoms. The molecule has 0 heterocycles. The Hall–Kier alpha value is -1.24. The molecule has 4 nitrogen and oxygen atoms in total. The minimum absolute atomic E-state index is 0.0615. The number of alkyl halides is 2. The van der Waals surface area contributed by atoms with Crippen LogP contribution < -0.4 is 10.1 Å². The number of rotatable bonds is 8. The van der Waals surface area contributed by atoms with Crippen molar-refractivity contribution in [3.05, 3.63) is 29.8 Å². The molecule has 2 rings (SSSR count). The van der Waals surface area contributed by atoms with Gasteiger partial charge in [0.05, 0.1) is 12.2 Å². The number of ether oxygens (including phenoxy) is 3. The minimum Gasteiger partial charge on any atom is -0.435 e. The third-order valence-electron chi connectivity index (χ3n) is 3.62. The highest BCUT2D eigenvalue weighted by Crippen LogP contribution is 2.27. The van der Waals surface area contributed by atoms with E-state index in [1.165, 1.54) is 0 Å². The first kappa shape index (κ1) is 16.1. The molecule has 3 atom stereocenters. The van der Waals surface area contributed by atoms with Gasteiger partial charge in [0.1, 0.15) is 5.75 Å². The van der Waals surface area contributed by atoms with Crippen molar-refractivity contribution in [2.24, 2.45) is 0 Å². The molecule has 1 aliphatic rings. The second kappa shape index (κ2) is 7.68. The van der Waals surface area contributed by atoms with Crippen LogP contribution in [0, 0.1) is 0 Å². The zero-order chi connectivity index (χ0) is 15.2. The lowest BCUT2D eigenvalue weighted by atomic mass is 9.85. The molecule has 1 aliphatic carbocycles. The summed E-state index contributed by atoms with van der Waals surface area (Å²) >= 11 is 0. The monoisotopic (exact) mass is 301 g/mol. The quantitative estimate of drug-likeness (QED) is 0.801. The molecule has 0 amide bonds. The van der Waals surface area contributed by atoms with Crippen molar-refractivity contribution in [3.8, 4) is 5.75 Å². The number of benzene rings is 1. The molecule has 0 bridgehead atoms. The summed E-state index contributed by atoms with van der Waals surface area (Å²) in [5, 5.41) is 3.39. The minimum atomic E-state index is -2.79. The molecule has 1 N–H and O–H groups in total. The second-order valence-corrected chi connectivity index (χ2v) is 4.94. The molecular weight excluding hydrogens is 280 g/mol. The van der Waals surface area contributed by atoms with Crippen molar-refractivity contribution in [2.45, 2.75) is 44.8 Å². The van der Waals surface area contributed by atoms with Crippen molar-refractivity contribution < 1.29 is 23.0 Å². The van der Waals surface area contributed by atoms with E-state index in [1.54, 1.807) is 31.4 Å². The normalized spacial score (nSPS) is 24.9. The highest BCUT2D eigenvalue weighted by molar-refractivity contribution is 5.27. The molecule has 21 heavy (non-hydrogen) atoms.